The van der Waals surface area contributed by atoms with E-state index in [0.717, 1.165) is 10.0 Å². The van der Waals surface area contributed by atoms with Crippen LogP contribution in [0.4, 0.5) is 4.79 Å². The van der Waals surface area contributed by atoms with Gasteiger partial charge in [0.2, 0.25) is 5.91 Å². The van der Waals surface area contributed by atoms with Gasteiger partial charge in [0.05, 0.1) is 18.2 Å². The zero-order valence-electron chi connectivity index (χ0n) is 16.5. The van der Waals surface area contributed by atoms with E-state index in [-0.39, 0.29) is 18.5 Å². The Balaban J connectivity index is 1.90. The largest absolute Gasteiger partial charge is 0.463 e. The van der Waals surface area contributed by atoms with Crippen molar-refractivity contribution in [1.82, 2.24) is 20.4 Å². The van der Waals surface area contributed by atoms with Gasteiger partial charge in [0.15, 0.2) is 0 Å². The lowest BCUT2D eigenvalue weighted by molar-refractivity contribution is -0.139. The number of benzene rings is 1. The van der Waals surface area contributed by atoms with E-state index in [2.05, 4.69) is 31.5 Å². The standard InChI is InChI=1S/C20H25BrN4O4/c1-3-29-19(27)17-16(12-24-7-9-25(10-8-24)13(2)26)22-20(28)23-18(17)14-5-4-6-15(21)11-14/h4-6,11,18H,3,7-10,12H2,1-2H3,(H2,22,23,28). The molecular formula is C20H25BrN4O4. The molecule has 29 heavy (non-hydrogen) atoms. The average molecular weight is 465 g/mol. The van der Waals surface area contributed by atoms with Gasteiger partial charge in [0.25, 0.3) is 0 Å². The third-order valence-electron chi connectivity index (χ3n) is 5.03. The summed E-state index contributed by atoms with van der Waals surface area (Å²) >= 11 is 3.44. The van der Waals surface area contributed by atoms with E-state index in [4.69, 9.17) is 4.74 Å². The number of hydrogen-bond acceptors (Lipinski definition) is 5. The van der Waals surface area contributed by atoms with E-state index in [1.54, 1.807) is 18.7 Å². The van der Waals surface area contributed by atoms with Gasteiger partial charge < -0.3 is 20.3 Å². The lowest BCUT2D eigenvalue weighted by atomic mass is 9.95. The predicted octanol–water partition coefficient (Wildman–Crippen LogP) is 1.78. The van der Waals surface area contributed by atoms with Crippen LogP contribution in [0.5, 0.6) is 0 Å². The molecule has 1 unspecified atom stereocenters. The summed E-state index contributed by atoms with van der Waals surface area (Å²) in [5.41, 5.74) is 1.73. The number of hydrogen-bond donors (Lipinski definition) is 2. The summed E-state index contributed by atoms with van der Waals surface area (Å²) in [6.07, 6.45) is 0. The molecule has 0 spiro atoms. The third-order valence-corrected chi connectivity index (χ3v) is 5.52. The Labute approximate surface area is 178 Å². The van der Waals surface area contributed by atoms with Crippen LogP contribution in [0.25, 0.3) is 0 Å². The molecule has 0 radical (unpaired) electrons. The number of ether oxygens (including phenoxy) is 1. The molecule has 0 aliphatic carbocycles. The minimum absolute atomic E-state index is 0.0564. The van der Waals surface area contributed by atoms with Crippen LogP contribution in [0.3, 0.4) is 0 Å². The number of piperazine rings is 1. The minimum atomic E-state index is -0.603. The summed E-state index contributed by atoms with van der Waals surface area (Å²) in [7, 11) is 0. The first-order chi connectivity index (χ1) is 13.9. The van der Waals surface area contributed by atoms with Gasteiger partial charge >= 0.3 is 12.0 Å². The van der Waals surface area contributed by atoms with Gasteiger partial charge in [-0.3, -0.25) is 9.69 Å². The number of esters is 1. The highest BCUT2D eigenvalue weighted by Crippen LogP contribution is 2.29. The number of carbonyl (C=O) groups is 3. The van der Waals surface area contributed by atoms with Gasteiger partial charge in [0.1, 0.15) is 0 Å². The van der Waals surface area contributed by atoms with E-state index in [1.807, 2.05) is 24.3 Å². The smallest absolute Gasteiger partial charge is 0.338 e. The fourth-order valence-corrected chi connectivity index (χ4v) is 3.99. The first-order valence-electron chi connectivity index (χ1n) is 9.60. The Morgan fingerprint density at radius 2 is 1.97 bits per heavy atom. The lowest BCUT2D eigenvalue weighted by Crippen LogP contribution is -2.52. The highest BCUT2D eigenvalue weighted by Gasteiger charge is 2.34. The Bertz CT molecular complexity index is 834. The van der Waals surface area contributed by atoms with Crippen LogP contribution < -0.4 is 10.6 Å². The molecule has 8 nitrogen and oxygen atoms in total. The Kier molecular flexibility index (Phi) is 6.92. The summed E-state index contributed by atoms with van der Waals surface area (Å²) in [6, 6.07) is 6.52. The van der Waals surface area contributed by atoms with Gasteiger partial charge in [-0.1, -0.05) is 28.1 Å². The summed E-state index contributed by atoms with van der Waals surface area (Å²) < 4.78 is 6.15. The number of halogens is 1. The molecule has 2 aliphatic rings. The number of amides is 3. The van der Waals surface area contributed by atoms with Crippen molar-refractivity contribution >= 4 is 33.8 Å². The van der Waals surface area contributed by atoms with Crippen molar-refractivity contribution in [2.45, 2.75) is 19.9 Å². The lowest BCUT2D eigenvalue weighted by Gasteiger charge is -2.36. The van der Waals surface area contributed by atoms with Gasteiger partial charge in [-0.2, -0.15) is 0 Å². The Morgan fingerprint density at radius 1 is 1.24 bits per heavy atom. The fourth-order valence-electron chi connectivity index (χ4n) is 3.57. The quantitative estimate of drug-likeness (QED) is 0.648. The maximum absolute atomic E-state index is 12.8. The molecule has 2 aliphatic heterocycles. The summed E-state index contributed by atoms with van der Waals surface area (Å²) in [5, 5.41) is 5.63. The summed E-state index contributed by atoms with van der Waals surface area (Å²) in [6.45, 7) is 6.55. The Morgan fingerprint density at radius 3 is 2.59 bits per heavy atom. The zero-order chi connectivity index (χ0) is 21.0. The van der Waals surface area contributed by atoms with E-state index < -0.39 is 12.0 Å². The second kappa shape index (κ2) is 9.41. The van der Waals surface area contributed by atoms with Gasteiger partial charge in [-0.15, -0.1) is 0 Å². The molecule has 1 aromatic rings. The minimum Gasteiger partial charge on any atom is -0.463 e. The van der Waals surface area contributed by atoms with Crippen molar-refractivity contribution < 1.29 is 19.1 Å². The molecule has 2 heterocycles. The molecule has 156 valence electrons. The number of urea groups is 1. The van der Waals surface area contributed by atoms with Crippen LogP contribution in [0, 0.1) is 0 Å². The first-order valence-corrected chi connectivity index (χ1v) is 10.4. The number of rotatable bonds is 5. The van der Waals surface area contributed by atoms with Gasteiger partial charge in [-0.25, -0.2) is 9.59 Å². The second-order valence-corrected chi connectivity index (χ2v) is 7.90. The van der Waals surface area contributed by atoms with Crippen LogP contribution in [0.1, 0.15) is 25.5 Å². The highest BCUT2D eigenvalue weighted by atomic mass is 79.9. The van der Waals surface area contributed by atoms with Crippen LogP contribution >= 0.6 is 15.9 Å². The van der Waals surface area contributed by atoms with E-state index in [1.165, 1.54) is 0 Å². The molecule has 3 amide bonds. The fraction of sp³-hybridized carbons (Fsp3) is 0.450. The molecule has 1 fully saturated rings. The molecule has 0 saturated carbocycles. The molecule has 0 bridgehead atoms. The monoisotopic (exact) mass is 464 g/mol. The van der Waals surface area contributed by atoms with Gasteiger partial charge in [0, 0.05) is 49.8 Å². The number of carbonyl (C=O) groups excluding carboxylic acids is 3. The van der Waals surface area contributed by atoms with Crippen LogP contribution in [0.15, 0.2) is 40.0 Å². The first kappa shape index (κ1) is 21.3. The van der Waals surface area contributed by atoms with Crippen LogP contribution in [-0.4, -0.2) is 67.0 Å². The van der Waals surface area contributed by atoms with Crippen molar-refractivity contribution in [1.29, 1.82) is 0 Å². The molecule has 1 atom stereocenters. The summed E-state index contributed by atoms with van der Waals surface area (Å²) in [4.78, 5) is 40.6. The van der Waals surface area contributed by atoms with Crippen molar-refractivity contribution in [2.24, 2.45) is 0 Å². The van der Waals surface area contributed by atoms with E-state index >= 15 is 0 Å². The third kappa shape index (κ3) is 5.16. The molecular weight excluding hydrogens is 440 g/mol. The average Bonchev–Trinajstić information content (AvgIpc) is 2.68. The zero-order valence-corrected chi connectivity index (χ0v) is 18.1. The SMILES string of the molecule is CCOC(=O)C1=C(CN2CCN(C(C)=O)CC2)NC(=O)NC1c1cccc(Br)c1. The molecule has 1 saturated heterocycles. The van der Waals surface area contributed by atoms with Crippen LogP contribution in [0.2, 0.25) is 0 Å². The van der Waals surface area contributed by atoms with E-state index in [9.17, 15) is 14.4 Å². The van der Waals surface area contributed by atoms with Crippen molar-refractivity contribution in [3.8, 4) is 0 Å². The van der Waals surface area contributed by atoms with E-state index in [0.29, 0.717) is 44.0 Å². The predicted molar refractivity (Wildman–Crippen MR) is 111 cm³/mol. The van der Waals surface area contributed by atoms with Gasteiger partial charge in [-0.05, 0) is 24.6 Å². The van der Waals surface area contributed by atoms with Crippen molar-refractivity contribution in [2.75, 3.05) is 39.3 Å². The summed E-state index contributed by atoms with van der Waals surface area (Å²) in [5.74, 6) is -0.400. The van der Waals surface area contributed by atoms with Crippen molar-refractivity contribution in [3.63, 3.8) is 0 Å². The molecule has 1 aromatic carbocycles. The molecule has 2 N–H and O–H groups in total. The molecule has 0 aromatic heterocycles. The topological polar surface area (TPSA) is 91.0 Å². The molecule has 9 heteroatoms. The number of nitrogens with one attached hydrogen (secondary N) is 2. The highest BCUT2D eigenvalue weighted by molar-refractivity contribution is 9.10. The Hall–Kier alpha value is -2.39. The maximum atomic E-state index is 12.8. The van der Waals surface area contributed by atoms with Crippen molar-refractivity contribution in [3.05, 3.63) is 45.6 Å². The molecule has 3 rings (SSSR count). The normalized spacial score (nSPS) is 20.2. The van der Waals surface area contributed by atoms with Crippen LogP contribution in [-0.2, 0) is 14.3 Å². The second-order valence-electron chi connectivity index (χ2n) is 6.98. The number of nitrogens with zero attached hydrogens (tertiary/aromatic N) is 2. The maximum Gasteiger partial charge on any atom is 0.338 e.